The molecular formula is C9H10ClF3N2. The molecule has 0 radical (unpaired) electrons. The first-order valence-electron chi connectivity index (χ1n) is 4.21. The van der Waals surface area contributed by atoms with Gasteiger partial charge in [0.2, 0.25) is 0 Å². The van der Waals surface area contributed by atoms with Gasteiger partial charge in [-0.05, 0) is 6.07 Å². The minimum atomic E-state index is -4.22. The zero-order valence-electron chi connectivity index (χ0n) is 8.05. The lowest BCUT2D eigenvalue weighted by Gasteiger charge is -2.22. The summed E-state index contributed by atoms with van der Waals surface area (Å²) in [6.45, 7) is -0.999. The van der Waals surface area contributed by atoms with Crippen LogP contribution >= 0.6 is 11.6 Å². The van der Waals surface area contributed by atoms with Crippen LogP contribution in [0.1, 0.15) is 5.56 Å². The monoisotopic (exact) mass is 238 g/mol. The van der Waals surface area contributed by atoms with Gasteiger partial charge in [-0.1, -0.05) is 0 Å². The van der Waals surface area contributed by atoms with Crippen molar-refractivity contribution < 1.29 is 13.2 Å². The Morgan fingerprint density at radius 1 is 1.47 bits per heavy atom. The second kappa shape index (κ2) is 4.70. The Balaban J connectivity index is 2.86. The van der Waals surface area contributed by atoms with Crippen molar-refractivity contribution in [1.82, 2.24) is 4.98 Å². The van der Waals surface area contributed by atoms with Crippen molar-refractivity contribution in [3.63, 3.8) is 0 Å². The van der Waals surface area contributed by atoms with Gasteiger partial charge in [0.1, 0.15) is 6.54 Å². The average Bonchev–Trinajstić information content (AvgIpc) is 2.15. The van der Waals surface area contributed by atoms with E-state index in [9.17, 15) is 13.2 Å². The molecule has 0 fully saturated rings. The highest BCUT2D eigenvalue weighted by molar-refractivity contribution is 6.17. The number of hydrogen-bond acceptors (Lipinski definition) is 2. The standard InChI is InChI=1S/C9H10ClF3N2/c1-15(6-9(11,12)13)8-2-3-14-5-7(8)4-10/h2-3,5H,4,6H2,1H3. The normalized spacial score (nSPS) is 11.5. The maximum Gasteiger partial charge on any atom is 0.405 e. The summed E-state index contributed by atoms with van der Waals surface area (Å²) >= 11 is 5.60. The zero-order valence-corrected chi connectivity index (χ0v) is 8.81. The topological polar surface area (TPSA) is 16.1 Å². The van der Waals surface area contributed by atoms with Crippen molar-refractivity contribution in [2.75, 3.05) is 18.5 Å². The van der Waals surface area contributed by atoms with Crippen LogP contribution in [0.5, 0.6) is 0 Å². The van der Waals surface area contributed by atoms with Gasteiger partial charge in [-0.15, -0.1) is 11.6 Å². The van der Waals surface area contributed by atoms with Crippen LogP contribution in [0, 0.1) is 0 Å². The molecule has 0 bridgehead atoms. The summed E-state index contributed by atoms with van der Waals surface area (Å²) in [5, 5.41) is 0. The van der Waals surface area contributed by atoms with Crippen molar-refractivity contribution in [3.8, 4) is 0 Å². The van der Waals surface area contributed by atoms with Crippen LogP contribution in [-0.2, 0) is 5.88 Å². The highest BCUT2D eigenvalue weighted by atomic mass is 35.5. The molecule has 1 heterocycles. The van der Waals surface area contributed by atoms with Crippen LogP contribution < -0.4 is 4.90 Å². The van der Waals surface area contributed by atoms with Gasteiger partial charge in [0.25, 0.3) is 0 Å². The van der Waals surface area contributed by atoms with Crippen molar-refractivity contribution >= 4 is 17.3 Å². The summed E-state index contributed by atoms with van der Waals surface area (Å²) in [4.78, 5) is 4.91. The Morgan fingerprint density at radius 2 is 2.13 bits per heavy atom. The van der Waals surface area contributed by atoms with E-state index in [0.717, 1.165) is 4.90 Å². The van der Waals surface area contributed by atoms with Crippen LogP contribution in [0.25, 0.3) is 0 Å². The maximum absolute atomic E-state index is 12.1. The summed E-state index contributed by atoms with van der Waals surface area (Å²) in [6, 6.07) is 1.52. The SMILES string of the molecule is CN(CC(F)(F)F)c1ccncc1CCl. The number of nitrogens with zero attached hydrogens (tertiary/aromatic N) is 2. The fraction of sp³-hybridized carbons (Fsp3) is 0.444. The number of aromatic nitrogens is 1. The van der Waals surface area contributed by atoms with Crippen LogP contribution in [-0.4, -0.2) is 24.8 Å². The smallest absolute Gasteiger partial charge is 0.365 e. The zero-order chi connectivity index (χ0) is 11.5. The third-order valence-corrected chi connectivity index (χ3v) is 2.14. The molecule has 0 aromatic carbocycles. The Bertz CT molecular complexity index is 327. The van der Waals surface area contributed by atoms with Gasteiger partial charge < -0.3 is 4.90 Å². The van der Waals surface area contributed by atoms with Gasteiger partial charge in [0, 0.05) is 30.7 Å². The quantitative estimate of drug-likeness (QED) is 0.753. The number of rotatable bonds is 3. The van der Waals surface area contributed by atoms with E-state index in [1.54, 1.807) is 0 Å². The van der Waals surface area contributed by atoms with E-state index in [2.05, 4.69) is 4.98 Å². The third kappa shape index (κ3) is 3.58. The van der Waals surface area contributed by atoms with Gasteiger partial charge in [0.15, 0.2) is 0 Å². The van der Waals surface area contributed by atoms with Crippen molar-refractivity contribution in [2.45, 2.75) is 12.1 Å². The highest BCUT2D eigenvalue weighted by Crippen LogP contribution is 2.24. The lowest BCUT2D eigenvalue weighted by atomic mass is 10.2. The summed E-state index contributed by atoms with van der Waals surface area (Å²) in [5.74, 6) is 0.144. The Kier molecular flexibility index (Phi) is 3.79. The van der Waals surface area contributed by atoms with E-state index in [0.29, 0.717) is 11.3 Å². The number of anilines is 1. The first kappa shape index (κ1) is 12.1. The number of pyridine rings is 1. The summed E-state index contributed by atoms with van der Waals surface area (Å²) < 4.78 is 36.4. The van der Waals surface area contributed by atoms with Gasteiger partial charge in [-0.3, -0.25) is 4.98 Å². The fourth-order valence-corrected chi connectivity index (χ4v) is 1.46. The van der Waals surface area contributed by atoms with Crippen molar-refractivity contribution in [3.05, 3.63) is 24.0 Å². The molecule has 0 atom stereocenters. The summed E-state index contributed by atoms with van der Waals surface area (Å²) in [6.07, 6.45) is -1.31. The molecule has 0 amide bonds. The molecule has 1 aromatic heterocycles. The molecule has 0 unspecified atom stereocenters. The number of alkyl halides is 4. The van der Waals surface area contributed by atoms with Crippen LogP contribution in [0.3, 0.4) is 0 Å². The predicted molar refractivity (Wildman–Crippen MR) is 53.1 cm³/mol. The fourth-order valence-electron chi connectivity index (χ4n) is 1.25. The molecule has 0 aliphatic rings. The Labute approximate surface area is 90.7 Å². The summed E-state index contributed by atoms with van der Waals surface area (Å²) in [5.41, 5.74) is 1.04. The van der Waals surface area contributed by atoms with Crippen LogP contribution in [0.15, 0.2) is 18.5 Å². The molecule has 0 spiro atoms. The summed E-state index contributed by atoms with van der Waals surface area (Å²) in [7, 11) is 1.37. The third-order valence-electron chi connectivity index (χ3n) is 1.85. The van der Waals surface area contributed by atoms with Gasteiger partial charge in [-0.25, -0.2) is 0 Å². The molecule has 0 saturated carbocycles. The average molecular weight is 239 g/mol. The first-order chi connectivity index (χ1) is 6.94. The van der Waals surface area contributed by atoms with E-state index in [4.69, 9.17) is 11.6 Å². The van der Waals surface area contributed by atoms with E-state index in [1.165, 1.54) is 25.5 Å². The predicted octanol–water partition coefficient (Wildman–Crippen LogP) is 2.82. The molecule has 0 N–H and O–H groups in total. The number of halogens is 4. The number of hydrogen-bond donors (Lipinski definition) is 0. The second-order valence-corrected chi connectivity index (χ2v) is 3.38. The molecule has 15 heavy (non-hydrogen) atoms. The molecule has 6 heteroatoms. The lowest BCUT2D eigenvalue weighted by Crippen LogP contribution is -2.31. The Morgan fingerprint density at radius 3 is 2.67 bits per heavy atom. The van der Waals surface area contributed by atoms with Crippen molar-refractivity contribution in [2.24, 2.45) is 0 Å². The molecule has 1 aromatic rings. The molecule has 84 valence electrons. The Hall–Kier alpha value is -0.970. The molecule has 0 aliphatic carbocycles. The molecule has 0 saturated heterocycles. The maximum atomic E-state index is 12.1. The highest BCUT2D eigenvalue weighted by Gasteiger charge is 2.29. The van der Waals surface area contributed by atoms with Gasteiger partial charge in [0.05, 0.1) is 5.88 Å². The van der Waals surface area contributed by atoms with E-state index in [-0.39, 0.29) is 5.88 Å². The minimum Gasteiger partial charge on any atom is -0.365 e. The van der Waals surface area contributed by atoms with E-state index in [1.807, 2.05) is 0 Å². The lowest BCUT2D eigenvalue weighted by molar-refractivity contribution is -0.119. The minimum absolute atomic E-state index is 0.144. The molecule has 2 nitrogen and oxygen atoms in total. The van der Waals surface area contributed by atoms with Crippen LogP contribution in [0.2, 0.25) is 0 Å². The van der Waals surface area contributed by atoms with E-state index >= 15 is 0 Å². The van der Waals surface area contributed by atoms with Gasteiger partial charge >= 0.3 is 6.18 Å². The molecule has 1 rings (SSSR count). The van der Waals surface area contributed by atoms with Crippen LogP contribution in [0.4, 0.5) is 18.9 Å². The second-order valence-electron chi connectivity index (χ2n) is 3.11. The van der Waals surface area contributed by atoms with E-state index < -0.39 is 12.7 Å². The van der Waals surface area contributed by atoms with Crippen molar-refractivity contribution in [1.29, 1.82) is 0 Å². The largest absolute Gasteiger partial charge is 0.405 e. The molecular weight excluding hydrogens is 229 g/mol. The van der Waals surface area contributed by atoms with Gasteiger partial charge in [-0.2, -0.15) is 13.2 Å². The molecule has 0 aliphatic heterocycles. The first-order valence-corrected chi connectivity index (χ1v) is 4.74.